The molecule has 2 N–H and O–H groups in total. The van der Waals surface area contributed by atoms with Crippen molar-refractivity contribution in [3.63, 3.8) is 0 Å². The molecule has 0 spiro atoms. The fourth-order valence-electron chi connectivity index (χ4n) is 6.10. The molecule has 1 aliphatic heterocycles. The molecule has 1 rings (SSSR count). The third kappa shape index (κ3) is 30.1. The Bertz CT molecular complexity index is 1640. The van der Waals surface area contributed by atoms with Crippen molar-refractivity contribution in [2.24, 2.45) is 29.6 Å². The zero-order valence-corrected chi connectivity index (χ0v) is 44.3. The highest BCUT2D eigenvalue weighted by molar-refractivity contribution is 8.00. The Kier molecular flexibility index (Phi) is 33.9. The normalized spacial score (nSPS) is 14.9. The van der Waals surface area contributed by atoms with Gasteiger partial charge in [-0.2, -0.15) is 31.9 Å². The number of hydrogen-bond donors (Lipinski definition) is 2. The standard InChI is InChI=1S/C25H39N3O7.C11H22O4S2.C11H22OS/c1-16(2)20-14-24(34)28(25(20)35)13-5-6-18(29)7-9-23(33)27-15-19(30)8-10-22(32)26-12-11-21(31)17(3)4;1-8(2)11(12)10(17(13,14)15-5)6-7-16-9(3)4;1-8(2)11(12)7-6-10(5)13-9(3)4/h16-17,20H,5-15H2,1-4H3,(H,26,32)(H,27,33);8-10H,6-7H2,1-5H3;8-10H,6-7H2,1-5H3. The molecular formula is C47H83N3O12S3. The lowest BCUT2D eigenvalue weighted by Crippen LogP contribution is -2.34. The Hall–Kier alpha value is -2.96. The van der Waals surface area contributed by atoms with E-state index in [0.29, 0.717) is 40.1 Å². The van der Waals surface area contributed by atoms with Crippen molar-refractivity contribution in [2.75, 3.05) is 32.5 Å². The maximum absolute atomic E-state index is 12.3. The second-order valence-electron chi connectivity index (χ2n) is 18.2. The number of amides is 4. The van der Waals surface area contributed by atoms with Crippen LogP contribution in [0.1, 0.15) is 161 Å². The van der Waals surface area contributed by atoms with Crippen LogP contribution < -0.4 is 10.6 Å². The Morgan fingerprint density at radius 3 is 1.69 bits per heavy atom. The highest BCUT2D eigenvalue weighted by Crippen LogP contribution is 2.27. The van der Waals surface area contributed by atoms with Crippen LogP contribution in [-0.4, -0.2) is 119 Å². The number of imide groups is 1. The first-order chi connectivity index (χ1) is 30.1. The van der Waals surface area contributed by atoms with Gasteiger partial charge in [0, 0.05) is 93.4 Å². The molecule has 1 aliphatic rings. The molecule has 1 fully saturated rings. The van der Waals surface area contributed by atoms with Crippen molar-refractivity contribution < 1.29 is 55.8 Å². The van der Waals surface area contributed by atoms with E-state index >= 15 is 0 Å². The number of thioether (sulfide) groups is 2. The fourth-order valence-corrected chi connectivity index (χ4v) is 9.47. The maximum Gasteiger partial charge on any atom is 0.277 e. The molecule has 18 heteroatoms. The van der Waals surface area contributed by atoms with Gasteiger partial charge in [0.25, 0.3) is 10.1 Å². The first kappa shape index (κ1) is 64.1. The summed E-state index contributed by atoms with van der Waals surface area (Å²) in [4.78, 5) is 108. The van der Waals surface area contributed by atoms with Gasteiger partial charge in [-0.3, -0.25) is 52.2 Å². The Morgan fingerprint density at radius 2 is 1.22 bits per heavy atom. The van der Waals surface area contributed by atoms with Gasteiger partial charge >= 0.3 is 0 Å². The number of nitrogens with zero attached hydrogens (tertiary/aromatic N) is 1. The van der Waals surface area contributed by atoms with Gasteiger partial charge in [0.1, 0.15) is 22.6 Å². The van der Waals surface area contributed by atoms with Gasteiger partial charge in [-0.15, -0.1) is 0 Å². The molecule has 0 saturated carbocycles. The van der Waals surface area contributed by atoms with Gasteiger partial charge in [0.15, 0.2) is 11.6 Å². The minimum absolute atomic E-state index is 0.00798. The Morgan fingerprint density at radius 1 is 0.677 bits per heavy atom. The molecule has 0 radical (unpaired) electrons. The summed E-state index contributed by atoms with van der Waals surface area (Å²) in [5.41, 5.74) is 0. The molecule has 1 saturated heterocycles. The summed E-state index contributed by atoms with van der Waals surface area (Å²) in [5.74, 6) is -1.17. The molecule has 0 aromatic rings. The van der Waals surface area contributed by atoms with Crippen LogP contribution in [-0.2, 0) is 57.5 Å². The molecule has 15 nitrogen and oxygen atoms in total. The lowest BCUT2D eigenvalue weighted by atomic mass is 9.94. The minimum Gasteiger partial charge on any atom is -0.356 e. The topological polar surface area (TPSA) is 224 Å². The summed E-state index contributed by atoms with van der Waals surface area (Å²) in [6.07, 6.45) is 2.96. The molecule has 0 aromatic heterocycles. The van der Waals surface area contributed by atoms with Crippen LogP contribution in [0.2, 0.25) is 0 Å². The minimum atomic E-state index is -3.77. The van der Waals surface area contributed by atoms with Crippen LogP contribution in [0.5, 0.6) is 0 Å². The van der Waals surface area contributed by atoms with Crippen LogP contribution in [0.15, 0.2) is 0 Å². The van der Waals surface area contributed by atoms with E-state index in [9.17, 15) is 51.6 Å². The number of carbonyl (C=O) groups excluding carboxylic acids is 9. The van der Waals surface area contributed by atoms with E-state index in [1.165, 1.54) is 4.90 Å². The van der Waals surface area contributed by atoms with E-state index in [0.717, 1.165) is 20.0 Å². The molecule has 3 unspecified atom stereocenters. The van der Waals surface area contributed by atoms with Crippen molar-refractivity contribution in [1.82, 2.24) is 15.5 Å². The molecule has 0 bridgehead atoms. The van der Waals surface area contributed by atoms with Crippen molar-refractivity contribution in [1.29, 1.82) is 0 Å². The molecule has 3 atom stereocenters. The van der Waals surface area contributed by atoms with E-state index in [4.69, 9.17) is 0 Å². The predicted octanol–water partition coefficient (Wildman–Crippen LogP) is 6.95. The van der Waals surface area contributed by atoms with Crippen LogP contribution in [0.25, 0.3) is 0 Å². The molecule has 0 aromatic carbocycles. The molecule has 376 valence electrons. The van der Waals surface area contributed by atoms with Crippen LogP contribution in [0, 0.1) is 29.6 Å². The lowest BCUT2D eigenvalue weighted by Gasteiger charge is -2.17. The summed E-state index contributed by atoms with van der Waals surface area (Å²) < 4.78 is 27.8. The first-order valence-electron chi connectivity index (χ1n) is 23.1. The average molecular weight is 978 g/mol. The number of Topliss-reactive ketones (excluding diaryl/α,β-unsaturated/α-hetero) is 5. The first-order valence-corrected chi connectivity index (χ1v) is 26.6. The van der Waals surface area contributed by atoms with E-state index in [1.807, 2.05) is 53.3 Å². The number of hydrogen-bond acceptors (Lipinski definition) is 14. The largest absolute Gasteiger partial charge is 0.356 e. The van der Waals surface area contributed by atoms with Gasteiger partial charge in [0.05, 0.1) is 13.7 Å². The van der Waals surface area contributed by atoms with Crippen LogP contribution >= 0.6 is 23.5 Å². The second-order valence-corrected chi connectivity index (χ2v) is 23.8. The molecular weight excluding hydrogens is 895 g/mol. The van der Waals surface area contributed by atoms with E-state index in [1.54, 1.807) is 39.5 Å². The quantitative estimate of drug-likeness (QED) is 0.0530. The molecule has 65 heavy (non-hydrogen) atoms. The molecule has 0 aliphatic carbocycles. The van der Waals surface area contributed by atoms with Gasteiger partial charge < -0.3 is 10.6 Å². The number of ketones is 5. The summed E-state index contributed by atoms with van der Waals surface area (Å²) in [5, 5.41) is 5.72. The zero-order valence-electron chi connectivity index (χ0n) is 41.9. The summed E-state index contributed by atoms with van der Waals surface area (Å²) in [7, 11) is -2.66. The summed E-state index contributed by atoms with van der Waals surface area (Å²) >= 11 is 3.60. The van der Waals surface area contributed by atoms with Crippen molar-refractivity contribution >= 4 is 86.2 Å². The van der Waals surface area contributed by atoms with E-state index < -0.39 is 21.3 Å². The maximum atomic E-state index is 12.3. The number of likely N-dealkylation sites (tertiary alicyclic amines) is 1. The van der Waals surface area contributed by atoms with Gasteiger partial charge in [-0.1, -0.05) is 90.0 Å². The van der Waals surface area contributed by atoms with Gasteiger partial charge in [0.2, 0.25) is 23.6 Å². The smallest absolute Gasteiger partial charge is 0.277 e. The monoisotopic (exact) mass is 978 g/mol. The van der Waals surface area contributed by atoms with Gasteiger partial charge in [-0.05, 0) is 41.4 Å². The molecule has 1 heterocycles. The number of carbonyl (C=O) groups is 9. The van der Waals surface area contributed by atoms with Crippen LogP contribution in [0.4, 0.5) is 0 Å². The van der Waals surface area contributed by atoms with Crippen molar-refractivity contribution in [3.05, 3.63) is 0 Å². The second kappa shape index (κ2) is 34.3. The van der Waals surface area contributed by atoms with Gasteiger partial charge in [-0.25, -0.2) is 0 Å². The van der Waals surface area contributed by atoms with Crippen LogP contribution in [0.3, 0.4) is 0 Å². The Balaban J connectivity index is 0. The highest BCUT2D eigenvalue weighted by atomic mass is 32.2. The molecule has 4 amide bonds. The highest BCUT2D eigenvalue weighted by Gasteiger charge is 2.39. The summed E-state index contributed by atoms with van der Waals surface area (Å²) in [6, 6.07) is 0. The van der Waals surface area contributed by atoms with E-state index in [2.05, 4.69) is 35.6 Å². The van der Waals surface area contributed by atoms with Crippen molar-refractivity contribution in [3.8, 4) is 0 Å². The SMILES string of the molecule is CC(C)C(=O)CCNC(=O)CCC(=O)CNC(=O)CCC(=O)CCCN1C(=O)CC(C(C)C)C1=O.CC(C)SC(C)CCC(=O)C(C)C.COS(=O)(=O)C(CCSC(C)C)C(=O)C(C)C. The summed E-state index contributed by atoms with van der Waals surface area (Å²) in [6.45, 7) is 25.6. The third-order valence-electron chi connectivity index (χ3n) is 10.2. The van der Waals surface area contributed by atoms with Crippen molar-refractivity contribution in [2.45, 2.75) is 182 Å². The fraction of sp³-hybridized carbons (Fsp3) is 0.809. The number of nitrogens with one attached hydrogen (secondary N) is 2. The predicted molar refractivity (Wildman–Crippen MR) is 261 cm³/mol. The average Bonchev–Trinajstić information content (AvgIpc) is 3.50. The number of rotatable bonds is 31. The lowest BCUT2D eigenvalue weighted by molar-refractivity contribution is -0.140. The Labute approximate surface area is 399 Å². The third-order valence-corrected chi connectivity index (χ3v) is 14.3. The zero-order chi connectivity index (χ0) is 50.6. The van der Waals surface area contributed by atoms with E-state index in [-0.39, 0.29) is 135 Å².